The minimum atomic E-state index is -0.382. The zero-order valence-corrected chi connectivity index (χ0v) is 15.6. The molecule has 0 saturated carbocycles. The lowest BCUT2D eigenvalue weighted by Crippen LogP contribution is -2.51. The average Bonchev–Trinajstić information content (AvgIpc) is 2.77. The van der Waals surface area contributed by atoms with E-state index in [9.17, 15) is 4.79 Å². The number of carbonyl (C=O) groups excluding carboxylic acids is 1. The second kappa shape index (κ2) is 6.29. The van der Waals surface area contributed by atoms with Crippen molar-refractivity contribution < 1.29 is 4.79 Å². The van der Waals surface area contributed by atoms with Crippen LogP contribution in [0.15, 0.2) is 24.4 Å². The van der Waals surface area contributed by atoms with Gasteiger partial charge in [-0.1, -0.05) is 32.4 Å². The average molecular weight is 335 g/mol. The Balaban J connectivity index is 2.36. The first-order chi connectivity index (χ1) is 10.5. The predicted molar refractivity (Wildman–Crippen MR) is 98.2 cm³/mol. The van der Waals surface area contributed by atoms with E-state index in [0.29, 0.717) is 11.4 Å². The van der Waals surface area contributed by atoms with Crippen LogP contribution in [-0.2, 0) is 11.2 Å². The molecule has 0 spiro atoms. The quantitative estimate of drug-likeness (QED) is 0.848. The minimum Gasteiger partial charge on any atom is -0.361 e. The van der Waals surface area contributed by atoms with Crippen LogP contribution in [0.2, 0.25) is 5.02 Å². The fraction of sp³-hybridized carbons (Fsp3) is 0.526. The van der Waals surface area contributed by atoms with Gasteiger partial charge in [-0.2, -0.15) is 0 Å². The number of carbonyl (C=O) groups is 1. The van der Waals surface area contributed by atoms with E-state index in [1.165, 1.54) is 0 Å². The molecule has 0 aliphatic rings. The lowest BCUT2D eigenvalue weighted by molar-refractivity contribution is -0.128. The van der Waals surface area contributed by atoms with E-state index in [1.54, 1.807) is 0 Å². The van der Waals surface area contributed by atoms with Crippen LogP contribution >= 0.6 is 11.6 Å². The van der Waals surface area contributed by atoms with E-state index < -0.39 is 0 Å². The topological polar surface area (TPSA) is 44.9 Å². The van der Waals surface area contributed by atoms with Crippen molar-refractivity contribution in [3.05, 3.63) is 35.0 Å². The number of benzene rings is 1. The number of ketones is 1. The van der Waals surface area contributed by atoms with Gasteiger partial charge in [-0.25, -0.2) is 0 Å². The summed E-state index contributed by atoms with van der Waals surface area (Å²) in [6.45, 7) is 12.2. The summed E-state index contributed by atoms with van der Waals surface area (Å²) < 4.78 is 0. The molecule has 2 rings (SSSR count). The maximum atomic E-state index is 12.9. The third-order valence-electron chi connectivity index (χ3n) is 3.82. The summed E-state index contributed by atoms with van der Waals surface area (Å²) in [4.78, 5) is 16.1. The van der Waals surface area contributed by atoms with Gasteiger partial charge in [0.05, 0.1) is 6.04 Å². The van der Waals surface area contributed by atoms with Crippen LogP contribution in [0, 0.1) is 5.41 Å². The molecule has 2 N–H and O–H groups in total. The maximum absolute atomic E-state index is 12.9. The first kappa shape index (κ1) is 18.0. The molecule has 23 heavy (non-hydrogen) atoms. The fourth-order valence-electron chi connectivity index (χ4n) is 2.79. The Labute approximate surface area is 143 Å². The van der Waals surface area contributed by atoms with E-state index in [4.69, 9.17) is 11.6 Å². The van der Waals surface area contributed by atoms with E-state index in [-0.39, 0.29) is 22.8 Å². The first-order valence-corrected chi connectivity index (χ1v) is 8.43. The number of nitrogens with one attached hydrogen (secondary N) is 2. The molecule has 4 heteroatoms. The van der Waals surface area contributed by atoms with Crippen molar-refractivity contribution in [3.8, 4) is 0 Å². The van der Waals surface area contributed by atoms with Gasteiger partial charge < -0.3 is 10.3 Å². The molecule has 1 aromatic heterocycles. The Hall–Kier alpha value is -1.32. The molecule has 0 bridgehead atoms. The Bertz CT molecular complexity index is 704. The van der Waals surface area contributed by atoms with Gasteiger partial charge in [0, 0.05) is 33.1 Å². The number of halogens is 1. The number of hydrogen-bond donors (Lipinski definition) is 2. The van der Waals surface area contributed by atoms with Gasteiger partial charge in [-0.3, -0.25) is 4.79 Å². The molecule has 0 unspecified atom stereocenters. The van der Waals surface area contributed by atoms with Gasteiger partial charge in [0.15, 0.2) is 5.78 Å². The summed E-state index contributed by atoms with van der Waals surface area (Å²) in [7, 11) is 0. The van der Waals surface area contributed by atoms with Crippen LogP contribution in [-0.4, -0.2) is 22.3 Å². The summed E-state index contributed by atoms with van der Waals surface area (Å²) >= 11 is 6.13. The molecule has 3 nitrogen and oxygen atoms in total. The lowest BCUT2D eigenvalue weighted by Gasteiger charge is -2.31. The van der Waals surface area contributed by atoms with Gasteiger partial charge >= 0.3 is 0 Å². The van der Waals surface area contributed by atoms with Crippen LogP contribution in [0.1, 0.15) is 47.1 Å². The molecule has 0 aliphatic carbocycles. The number of hydrogen-bond acceptors (Lipinski definition) is 2. The summed E-state index contributed by atoms with van der Waals surface area (Å²) in [5.41, 5.74) is 1.64. The molecular weight excluding hydrogens is 308 g/mol. The van der Waals surface area contributed by atoms with Crippen molar-refractivity contribution >= 4 is 28.3 Å². The number of fused-ring (bicyclic) bond motifs is 1. The van der Waals surface area contributed by atoms with E-state index in [0.717, 1.165) is 16.5 Å². The van der Waals surface area contributed by atoms with Crippen molar-refractivity contribution in [1.82, 2.24) is 10.3 Å². The molecule has 1 atom stereocenters. The molecule has 0 aliphatic heterocycles. The second-order valence-corrected chi connectivity index (χ2v) is 8.71. The summed E-state index contributed by atoms with van der Waals surface area (Å²) in [6, 6.07) is 5.57. The highest BCUT2D eigenvalue weighted by molar-refractivity contribution is 6.31. The molecule has 2 aromatic rings. The lowest BCUT2D eigenvalue weighted by atomic mass is 9.83. The molecule has 0 radical (unpaired) electrons. The fourth-order valence-corrected chi connectivity index (χ4v) is 2.97. The number of aromatic amines is 1. The zero-order chi connectivity index (χ0) is 17.4. The minimum absolute atomic E-state index is 0.130. The third-order valence-corrected chi connectivity index (χ3v) is 4.05. The summed E-state index contributed by atoms with van der Waals surface area (Å²) in [5, 5.41) is 5.28. The second-order valence-electron chi connectivity index (χ2n) is 8.27. The highest BCUT2D eigenvalue weighted by atomic mass is 35.5. The van der Waals surface area contributed by atoms with Crippen molar-refractivity contribution in [2.45, 2.75) is 59.5 Å². The molecule has 0 saturated heterocycles. The molecule has 1 heterocycles. The number of Topliss-reactive ketones (excluding diaryl/α,β-unsaturated/α-hetero) is 1. The van der Waals surface area contributed by atoms with Crippen molar-refractivity contribution in [1.29, 1.82) is 0 Å². The van der Waals surface area contributed by atoms with Crippen molar-refractivity contribution in [2.24, 2.45) is 5.41 Å². The molecule has 1 aromatic carbocycles. The van der Waals surface area contributed by atoms with E-state index in [1.807, 2.05) is 45.2 Å². The highest BCUT2D eigenvalue weighted by Crippen LogP contribution is 2.26. The van der Waals surface area contributed by atoms with Gasteiger partial charge in [-0.05, 0) is 51.0 Å². The van der Waals surface area contributed by atoms with Crippen LogP contribution in [0.25, 0.3) is 10.9 Å². The normalized spacial score (nSPS) is 14.2. The Kier molecular flexibility index (Phi) is 4.93. The van der Waals surface area contributed by atoms with Crippen LogP contribution in [0.3, 0.4) is 0 Å². The number of aromatic nitrogens is 1. The van der Waals surface area contributed by atoms with Gasteiger partial charge in [0.25, 0.3) is 0 Å². The van der Waals surface area contributed by atoms with Gasteiger partial charge in [0.2, 0.25) is 0 Å². The Morgan fingerprint density at radius 2 is 1.87 bits per heavy atom. The van der Waals surface area contributed by atoms with Gasteiger partial charge in [0.1, 0.15) is 0 Å². The highest BCUT2D eigenvalue weighted by Gasteiger charge is 2.32. The van der Waals surface area contributed by atoms with Gasteiger partial charge in [-0.15, -0.1) is 0 Å². The van der Waals surface area contributed by atoms with Crippen molar-refractivity contribution in [2.75, 3.05) is 0 Å². The Morgan fingerprint density at radius 1 is 1.22 bits per heavy atom. The third kappa shape index (κ3) is 4.58. The largest absolute Gasteiger partial charge is 0.361 e. The van der Waals surface area contributed by atoms with Crippen LogP contribution < -0.4 is 5.32 Å². The molecule has 0 amide bonds. The standard InChI is InChI=1S/C19H27ClN2O/c1-18(2,3)17(23)16(22-19(4,5)6)9-12-11-21-15-8-7-13(20)10-14(12)15/h7-8,10-11,16,21-22H,9H2,1-6H3/t16-/m0/s1. The van der Waals surface area contributed by atoms with E-state index in [2.05, 4.69) is 31.1 Å². The first-order valence-electron chi connectivity index (χ1n) is 8.05. The summed E-state index contributed by atoms with van der Waals surface area (Å²) in [5.74, 6) is 0.226. The molecule has 0 fully saturated rings. The smallest absolute Gasteiger partial charge is 0.155 e. The SMILES string of the molecule is CC(C)(C)N[C@@H](Cc1c[nH]c2ccc(Cl)cc12)C(=O)C(C)(C)C. The van der Waals surface area contributed by atoms with Crippen LogP contribution in [0.5, 0.6) is 0 Å². The van der Waals surface area contributed by atoms with E-state index >= 15 is 0 Å². The maximum Gasteiger partial charge on any atom is 0.155 e. The number of H-pyrrole nitrogens is 1. The van der Waals surface area contributed by atoms with Crippen LogP contribution in [0.4, 0.5) is 0 Å². The van der Waals surface area contributed by atoms with Crippen molar-refractivity contribution in [3.63, 3.8) is 0 Å². The Morgan fingerprint density at radius 3 is 2.43 bits per heavy atom. The monoisotopic (exact) mass is 334 g/mol. The zero-order valence-electron chi connectivity index (χ0n) is 14.9. The molecule has 126 valence electrons. The summed E-state index contributed by atoms with van der Waals surface area (Å²) in [6.07, 6.45) is 2.63. The predicted octanol–water partition coefficient (Wildman–Crippen LogP) is 4.74. The molecular formula is C19H27ClN2O. The number of rotatable bonds is 4.